The van der Waals surface area contributed by atoms with E-state index in [0.29, 0.717) is 18.3 Å². The van der Waals surface area contributed by atoms with E-state index in [4.69, 9.17) is 0 Å². The minimum Gasteiger partial charge on any atom is -0.359 e. The van der Waals surface area contributed by atoms with Gasteiger partial charge in [-0.3, -0.25) is 4.79 Å². The summed E-state index contributed by atoms with van der Waals surface area (Å²) in [5.74, 6) is -0.379. The highest BCUT2D eigenvalue weighted by atomic mass is 32.2. The first-order valence-corrected chi connectivity index (χ1v) is 8.28. The lowest BCUT2D eigenvalue weighted by Crippen LogP contribution is -2.45. The predicted molar refractivity (Wildman–Crippen MR) is 81.2 cm³/mol. The molecule has 128 valence electrons. The molecule has 1 fully saturated rings. The molecule has 23 heavy (non-hydrogen) atoms. The number of alkyl halides is 3. The first-order valence-electron chi connectivity index (χ1n) is 7.40. The van der Waals surface area contributed by atoms with Gasteiger partial charge >= 0.3 is 6.18 Å². The van der Waals surface area contributed by atoms with Crippen molar-refractivity contribution in [3.8, 4) is 0 Å². The topological polar surface area (TPSA) is 42.4 Å². The van der Waals surface area contributed by atoms with Crippen molar-refractivity contribution in [2.45, 2.75) is 42.3 Å². The minimum atomic E-state index is -4.42. The van der Waals surface area contributed by atoms with Crippen molar-refractivity contribution in [2.75, 3.05) is 19.7 Å². The molecule has 1 unspecified atom stereocenters. The SMILES string of the molecule is CC(OCC(F)(F)F)C(=O)N1CCC(Sc2ccccn2)CC1. The number of piperidine rings is 1. The van der Waals surface area contributed by atoms with Crippen LogP contribution in [0.25, 0.3) is 0 Å². The predicted octanol–water partition coefficient (Wildman–Crippen LogP) is 3.13. The molecule has 1 saturated heterocycles. The van der Waals surface area contributed by atoms with Crippen LogP contribution >= 0.6 is 11.8 Å². The number of pyridine rings is 1. The molecular weight excluding hydrogens is 329 g/mol. The van der Waals surface area contributed by atoms with Gasteiger partial charge in [0.15, 0.2) is 0 Å². The van der Waals surface area contributed by atoms with Gasteiger partial charge in [0.05, 0.1) is 5.03 Å². The third kappa shape index (κ3) is 6.02. The first-order chi connectivity index (χ1) is 10.8. The lowest BCUT2D eigenvalue weighted by atomic mass is 10.1. The van der Waals surface area contributed by atoms with E-state index >= 15 is 0 Å². The van der Waals surface area contributed by atoms with Gasteiger partial charge in [0.2, 0.25) is 0 Å². The number of hydrogen-bond donors (Lipinski definition) is 0. The zero-order valence-corrected chi connectivity index (χ0v) is 13.6. The van der Waals surface area contributed by atoms with Crippen LogP contribution in [-0.2, 0) is 9.53 Å². The van der Waals surface area contributed by atoms with E-state index in [-0.39, 0.29) is 5.91 Å². The van der Waals surface area contributed by atoms with Gasteiger partial charge in [0, 0.05) is 24.5 Å². The summed E-state index contributed by atoms with van der Waals surface area (Å²) in [7, 11) is 0. The zero-order valence-electron chi connectivity index (χ0n) is 12.8. The molecule has 0 spiro atoms. The van der Waals surface area contributed by atoms with Crippen molar-refractivity contribution < 1.29 is 22.7 Å². The first kappa shape index (κ1) is 18.1. The number of hydrogen-bond acceptors (Lipinski definition) is 4. The molecule has 1 amide bonds. The number of carbonyl (C=O) groups is 1. The molecule has 2 heterocycles. The molecule has 1 aliphatic heterocycles. The Bertz CT molecular complexity index is 505. The molecule has 2 rings (SSSR count). The Labute approximate surface area is 137 Å². The Morgan fingerprint density at radius 2 is 2.13 bits per heavy atom. The molecule has 0 aliphatic carbocycles. The molecule has 0 radical (unpaired) electrons. The molecule has 1 aromatic heterocycles. The number of ether oxygens (including phenoxy) is 1. The van der Waals surface area contributed by atoms with Crippen LogP contribution in [-0.4, -0.2) is 53.0 Å². The highest BCUT2D eigenvalue weighted by Crippen LogP contribution is 2.29. The normalized spacial score (nSPS) is 18.0. The molecule has 0 aromatic carbocycles. The molecule has 8 heteroatoms. The molecular formula is C15H19F3N2O2S. The van der Waals surface area contributed by atoms with Crippen LogP contribution in [0.2, 0.25) is 0 Å². The van der Waals surface area contributed by atoms with Crippen molar-refractivity contribution in [1.29, 1.82) is 0 Å². The maximum atomic E-state index is 12.1. The second-order valence-corrected chi connectivity index (χ2v) is 6.70. The van der Waals surface area contributed by atoms with Gasteiger partial charge in [0.1, 0.15) is 12.7 Å². The number of rotatable bonds is 5. The van der Waals surface area contributed by atoms with Gasteiger partial charge in [-0.25, -0.2) is 4.98 Å². The smallest absolute Gasteiger partial charge is 0.359 e. The van der Waals surface area contributed by atoms with E-state index in [1.807, 2.05) is 18.2 Å². The lowest BCUT2D eigenvalue weighted by Gasteiger charge is -2.33. The summed E-state index contributed by atoms with van der Waals surface area (Å²) in [6.07, 6.45) is -2.17. The molecule has 1 aromatic rings. The summed E-state index contributed by atoms with van der Waals surface area (Å²) >= 11 is 1.67. The Hall–Kier alpha value is -1.28. The molecule has 4 nitrogen and oxygen atoms in total. The number of carbonyl (C=O) groups excluding carboxylic acids is 1. The largest absolute Gasteiger partial charge is 0.411 e. The number of aromatic nitrogens is 1. The summed E-state index contributed by atoms with van der Waals surface area (Å²) in [4.78, 5) is 17.9. The van der Waals surface area contributed by atoms with Crippen molar-refractivity contribution in [1.82, 2.24) is 9.88 Å². The van der Waals surface area contributed by atoms with E-state index in [0.717, 1.165) is 17.9 Å². The van der Waals surface area contributed by atoms with Crippen LogP contribution in [0.15, 0.2) is 29.4 Å². The highest BCUT2D eigenvalue weighted by Gasteiger charge is 2.32. The van der Waals surface area contributed by atoms with Crippen LogP contribution in [0, 0.1) is 0 Å². The van der Waals surface area contributed by atoms with E-state index in [9.17, 15) is 18.0 Å². The molecule has 0 bridgehead atoms. The Kier molecular flexibility index (Phi) is 6.29. The van der Waals surface area contributed by atoms with Crippen LogP contribution in [0.4, 0.5) is 13.2 Å². The van der Waals surface area contributed by atoms with Crippen LogP contribution < -0.4 is 0 Å². The average molecular weight is 348 g/mol. The fraction of sp³-hybridized carbons (Fsp3) is 0.600. The summed E-state index contributed by atoms with van der Waals surface area (Å²) in [5.41, 5.74) is 0. The van der Waals surface area contributed by atoms with E-state index in [2.05, 4.69) is 9.72 Å². The van der Waals surface area contributed by atoms with Crippen LogP contribution in [0.3, 0.4) is 0 Å². The standard InChI is InChI=1S/C15H19F3N2O2S/c1-11(22-10-15(16,17)18)14(21)20-8-5-12(6-9-20)23-13-4-2-3-7-19-13/h2-4,7,11-12H,5-6,8-10H2,1H3. The molecule has 1 aliphatic rings. The van der Waals surface area contributed by atoms with Gasteiger partial charge in [-0.15, -0.1) is 11.8 Å². The Morgan fingerprint density at radius 3 is 2.70 bits per heavy atom. The number of thioether (sulfide) groups is 1. The van der Waals surface area contributed by atoms with Gasteiger partial charge in [0.25, 0.3) is 5.91 Å². The van der Waals surface area contributed by atoms with Gasteiger partial charge < -0.3 is 9.64 Å². The Balaban J connectivity index is 1.76. The van der Waals surface area contributed by atoms with Crippen LogP contribution in [0.5, 0.6) is 0 Å². The van der Waals surface area contributed by atoms with Crippen molar-refractivity contribution in [2.24, 2.45) is 0 Å². The third-order valence-electron chi connectivity index (χ3n) is 3.52. The van der Waals surface area contributed by atoms with E-state index in [1.54, 1.807) is 22.9 Å². The van der Waals surface area contributed by atoms with Crippen molar-refractivity contribution in [3.63, 3.8) is 0 Å². The average Bonchev–Trinajstić information content (AvgIpc) is 2.53. The maximum absolute atomic E-state index is 12.1. The van der Waals surface area contributed by atoms with E-state index < -0.39 is 18.9 Å². The second kappa shape index (κ2) is 8.01. The quantitative estimate of drug-likeness (QED) is 0.820. The number of nitrogens with zero attached hydrogens (tertiary/aromatic N) is 2. The highest BCUT2D eigenvalue weighted by molar-refractivity contribution is 7.99. The fourth-order valence-corrected chi connectivity index (χ4v) is 3.40. The Morgan fingerprint density at radius 1 is 1.43 bits per heavy atom. The summed E-state index contributed by atoms with van der Waals surface area (Å²) in [6, 6.07) is 5.72. The van der Waals surface area contributed by atoms with Crippen molar-refractivity contribution in [3.05, 3.63) is 24.4 Å². The third-order valence-corrected chi connectivity index (χ3v) is 4.81. The zero-order chi connectivity index (χ0) is 16.9. The van der Waals surface area contributed by atoms with E-state index in [1.165, 1.54) is 6.92 Å². The second-order valence-electron chi connectivity index (χ2n) is 5.38. The van der Waals surface area contributed by atoms with Crippen molar-refractivity contribution >= 4 is 17.7 Å². The van der Waals surface area contributed by atoms with Gasteiger partial charge in [-0.2, -0.15) is 13.2 Å². The maximum Gasteiger partial charge on any atom is 0.411 e. The number of likely N-dealkylation sites (tertiary alicyclic amines) is 1. The monoisotopic (exact) mass is 348 g/mol. The van der Waals surface area contributed by atoms with Crippen LogP contribution in [0.1, 0.15) is 19.8 Å². The summed E-state index contributed by atoms with van der Waals surface area (Å²) in [5, 5.41) is 1.31. The van der Waals surface area contributed by atoms with Gasteiger partial charge in [-0.1, -0.05) is 6.07 Å². The number of halogens is 3. The lowest BCUT2D eigenvalue weighted by molar-refractivity contribution is -0.188. The molecule has 0 saturated carbocycles. The number of amides is 1. The molecule has 1 atom stereocenters. The molecule has 0 N–H and O–H groups in total. The fourth-order valence-electron chi connectivity index (χ4n) is 2.33. The summed E-state index contributed by atoms with van der Waals surface area (Å²) < 4.78 is 41.0. The van der Waals surface area contributed by atoms with Gasteiger partial charge in [-0.05, 0) is 31.9 Å². The summed E-state index contributed by atoms with van der Waals surface area (Å²) in [6.45, 7) is 1.03. The minimum absolute atomic E-state index is 0.361.